The molecule has 0 amide bonds. The molecule has 2 fully saturated rings. The standard InChI is InChI=1S/C17H21NO2/c1-4-8-17(9-5-1)12-18-11-16(20-17)15-10-13-6-2-3-7-14(13)19-15/h2-3,6-7,10,16,18H,1,4-5,8-9,11-12H2. The predicted octanol–water partition coefficient (Wildman–Crippen LogP) is 3.80. The number of rotatable bonds is 1. The van der Waals surface area contributed by atoms with Gasteiger partial charge in [0.2, 0.25) is 0 Å². The Hall–Kier alpha value is -1.32. The van der Waals surface area contributed by atoms with Crippen molar-refractivity contribution < 1.29 is 9.15 Å². The monoisotopic (exact) mass is 271 g/mol. The van der Waals surface area contributed by atoms with Crippen LogP contribution in [0.15, 0.2) is 34.7 Å². The molecule has 1 spiro atoms. The van der Waals surface area contributed by atoms with E-state index in [4.69, 9.17) is 9.15 Å². The van der Waals surface area contributed by atoms with Gasteiger partial charge in [0, 0.05) is 18.5 Å². The van der Waals surface area contributed by atoms with Gasteiger partial charge in [-0.1, -0.05) is 37.5 Å². The van der Waals surface area contributed by atoms with Crippen LogP contribution >= 0.6 is 0 Å². The average molecular weight is 271 g/mol. The summed E-state index contributed by atoms with van der Waals surface area (Å²) in [7, 11) is 0. The van der Waals surface area contributed by atoms with E-state index in [9.17, 15) is 0 Å². The molecule has 1 N–H and O–H groups in total. The topological polar surface area (TPSA) is 34.4 Å². The molecule has 2 heterocycles. The first kappa shape index (κ1) is 12.4. The molecule has 1 aliphatic carbocycles. The summed E-state index contributed by atoms with van der Waals surface area (Å²) in [6, 6.07) is 10.3. The Morgan fingerprint density at radius 3 is 2.80 bits per heavy atom. The molecular formula is C17H21NO2. The van der Waals surface area contributed by atoms with Crippen molar-refractivity contribution in [2.75, 3.05) is 13.1 Å². The van der Waals surface area contributed by atoms with Crippen molar-refractivity contribution in [3.63, 3.8) is 0 Å². The summed E-state index contributed by atoms with van der Waals surface area (Å²) in [5.74, 6) is 0.961. The van der Waals surface area contributed by atoms with Crippen molar-refractivity contribution in [3.05, 3.63) is 36.1 Å². The molecule has 0 bridgehead atoms. The largest absolute Gasteiger partial charge is 0.458 e. The molecule has 106 valence electrons. The zero-order chi connectivity index (χ0) is 13.4. The molecule has 1 aliphatic heterocycles. The molecule has 3 heteroatoms. The van der Waals surface area contributed by atoms with Gasteiger partial charge in [0.1, 0.15) is 17.4 Å². The van der Waals surface area contributed by atoms with Crippen LogP contribution in [0.4, 0.5) is 0 Å². The maximum absolute atomic E-state index is 6.47. The van der Waals surface area contributed by atoms with Crippen LogP contribution in [-0.4, -0.2) is 18.7 Å². The van der Waals surface area contributed by atoms with Crippen molar-refractivity contribution in [2.45, 2.75) is 43.8 Å². The number of benzene rings is 1. The van der Waals surface area contributed by atoms with E-state index in [1.165, 1.54) is 32.1 Å². The molecule has 3 nitrogen and oxygen atoms in total. The van der Waals surface area contributed by atoms with E-state index >= 15 is 0 Å². The van der Waals surface area contributed by atoms with Crippen LogP contribution in [0.25, 0.3) is 11.0 Å². The van der Waals surface area contributed by atoms with Crippen LogP contribution in [-0.2, 0) is 4.74 Å². The average Bonchev–Trinajstić information content (AvgIpc) is 2.92. The fourth-order valence-corrected chi connectivity index (χ4v) is 3.63. The minimum Gasteiger partial charge on any atom is -0.458 e. The van der Waals surface area contributed by atoms with E-state index in [0.29, 0.717) is 0 Å². The summed E-state index contributed by atoms with van der Waals surface area (Å²) in [6.07, 6.45) is 6.32. The van der Waals surface area contributed by atoms with E-state index in [2.05, 4.69) is 17.4 Å². The van der Waals surface area contributed by atoms with Crippen molar-refractivity contribution in [3.8, 4) is 0 Å². The third-order valence-electron chi connectivity index (χ3n) is 4.70. The lowest BCUT2D eigenvalue weighted by Gasteiger charge is -2.43. The highest BCUT2D eigenvalue weighted by Crippen LogP contribution is 2.38. The van der Waals surface area contributed by atoms with Gasteiger partial charge < -0.3 is 14.5 Å². The maximum atomic E-state index is 6.47. The van der Waals surface area contributed by atoms with Gasteiger partial charge in [-0.15, -0.1) is 0 Å². The Kier molecular flexibility index (Phi) is 3.04. The molecule has 2 aliphatic rings. The van der Waals surface area contributed by atoms with Gasteiger partial charge in [-0.2, -0.15) is 0 Å². The predicted molar refractivity (Wildman–Crippen MR) is 78.7 cm³/mol. The Morgan fingerprint density at radius 1 is 1.10 bits per heavy atom. The van der Waals surface area contributed by atoms with E-state index < -0.39 is 0 Å². The van der Waals surface area contributed by atoms with Gasteiger partial charge in [-0.25, -0.2) is 0 Å². The lowest BCUT2D eigenvalue weighted by atomic mass is 9.83. The number of para-hydroxylation sites is 1. The Labute approximate surface area is 119 Å². The molecule has 4 rings (SSSR count). The SMILES string of the molecule is c1ccc2oc(C3CNCC4(CCCCC4)O3)cc2c1. The van der Waals surface area contributed by atoms with E-state index in [1.807, 2.05) is 18.2 Å². The Morgan fingerprint density at radius 2 is 1.95 bits per heavy atom. The van der Waals surface area contributed by atoms with Gasteiger partial charge in [-0.05, 0) is 25.0 Å². The summed E-state index contributed by atoms with van der Waals surface area (Å²) < 4.78 is 12.5. The first-order chi connectivity index (χ1) is 9.85. The van der Waals surface area contributed by atoms with E-state index in [-0.39, 0.29) is 11.7 Å². The number of nitrogens with one attached hydrogen (secondary N) is 1. The van der Waals surface area contributed by atoms with Crippen molar-refractivity contribution in [1.82, 2.24) is 5.32 Å². The molecule has 20 heavy (non-hydrogen) atoms. The van der Waals surface area contributed by atoms with Gasteiger partial charge in [0.05, 0.1) is 5.60 Å². The van der Waals surface area contributed by atoms with Crippen molar-refractivity contribution >= 4 is 11.0 Å². The summed E-state index contributed by atoms with van der Waals surface area (Å²) in [5, 5.41) is 4.71. The first-order valence-corrected chi connectivity index (χ1v) is 7.72. The summed E-state index contributed by atoms with van der Waals surface area (Å²) >= 11 is 0. The number of furan rings is 1. The Bertz CT molecular complexity index is 559. The number of hydrogen-bond donors (Lipinski definition) is 1. The van der Waals surface area contributed by atoms with Gasteiger partial charge in [0.25, 0.3) is 0 Å². The highest BCUT2D eigenvalue weighted by atomic mass is 16.5. The third-order valence-corrected chi connectivity index (χ3v) is 4.70. The van der Waals surface area contributed by atoms with Crippen LogP contribution in [0.1, 0.15) is 44.0 Å². The lowest BCUT2D eigenvalue weighted by molar-refractivity contribution is -0.141. The molecule has 0 radical (unpaired) electrons. The third kappa shape index (κ3) is 2.15. The summed E-state index contributed by atoms with van der Waals surface area (Å²) in [5.41, 5.74) is 0.995. The normalized spacial score (nSPS) is 26.1. The number of ether oxygens (including phenoxy) is 1. The minimum atomic E-state index is 0.0418. The van der Waals surface area contributed by atoms with Crippen LogP contribution in [0.2, 0.25) is 0 Å². The summed E-state index contributed by atoms with van der Waals surface area (Å²) in [4.78, 5) is 0. The van der Waals surface area contributed by atoms with Gasteiger partial charge >= 0.3 is 0 Å². The maximum Gasteiger partial charge on any atom is 0.135 e. The highest BCUT2D eigenvalue weighted by molar-refractivity contribution is 5.77. The van der Waals surface area contributed by atoms with E-state index in [1.54, 1.807) is 0 Å². The Balaban J connectivity index is 1.61. The molecule has 1 atom stereocenters. The molecule has 1 saturated carbocycles. The highest BCUT2D eigenvalue weighted by Gasteiger charge is 2.39. The molecule has 1 aromatic heterocycles. The van der Waals surface area contributed by atoms with Crippen molar-refractivity contribution in [1.29, 1.82) is 0 Å². The fourth-order valence-electron chi connectivity index (χ4n) is 3.63. The van der Waals surface area contributed by atoms with Crippen LogP contribution in [0.5, 0.6) is 0 Å². The van der Waals surface area contributed by atoms with E-state index in [0.717, 1.165) is 29.8 Å². The minimum absolute atomic E-state index is 0.0418. The number of fused-ring (bicyclic) bond motifs is 1. The van der Waals surface area contributed by atoms with Gasteiger partial charge in [0.15, 0.2) is 0 Å². The van der Waals surface area contributed by atoms with Crippen LogP contribution in [0.3, 0.4) is 0 Å². The second-order valence-corrected chi connectivity index (χ2v) is 6.17. The zero-order valence-corrected chi connectivity index (χ0v) is 11.7. The quantitative estimate of drug-likeness (QED) is 0.856. The number of hydrogen-bond acceptors (Lipinski definition) is 3. The molecule has 1 aromatic carbocycles. The first-order valence-electron chi connectivity index (χ1n) is 7.72. The molecule has 1 unspecified atom stereocenters. The second-order valence-electron chi connectivity index (χ2n) is 6.17. The zero-order valence-electron chi connectivity index (χ0n) is 11.7. The molecule has 2 aromatic rings. The van der Waals surface area contributed by atoms with Crippen LogP contribution in [0, 0.1) is 0 Å². The fraction of sp³-hybridized carbons (Fsp3) is 0.529. The second kappa shape index (κ2) is 4.90. The van der Waals surface area contributed by atoms with Gasteiger partial charge in [-0.3, -0.25) is 0 Å². The van der Waals surface area contributed by atoms with Crippen molar-refractivity contribution in [2.24, 2.45) is 0 Å². The molecule has 1 saturated heterocycles. The molecular weight excluding hydrogens is 250 g/mol. The number of morpholine rings is 1. The summed E-state index contributed by atoms with van der Waals surface area (Å²) in [6.45, 7) is 1.84. The van der Waals surface area contributed by atoms with Crippen LogP contribution < -0.4 is 5.32 Å². The smallest absolute Gasteiger partial charge is 0.135 e. The lowest BCUT2D eigenvalue weighted by Crippen LogP contribution is -2.51.